The Balaban J connectivity index is 2.64. The van der Waals surface area contributed by atoms with E-state index in [0.29, 0.717) is 5.25 Å². The Morgan fingerprint density at radius 3 is 2.43 bits per heavy atom. The van der Waals surface area contributed by atoms with Crippen LogP contribution in [0.4, 0.5) is 0 Å². The van der Waals surface area contributed by atoms with Crippen LogP contribution in [0.25, 0.3) is 0 Å². The summed E-state index contributed by atoms with van der Waals surface area (Å²) in [5, 5.41) is 4.58. The summed E-state index contributed by atoms with van der Waals surface area (Å²) in [6.45, 7) is 4.39. The van der Waals surface area contributed by atoms with Gasteiger partial charge in [-0.25, -0.2) is 0 Å². The molecule has 0 bridgehead atoms. The van der Waals surface area contributed by atoms with Gasteiger partial charge in [0, 0.05) is 17.2 Å². The van der Waals surface area contributed by atoms with Crippen LogP contribution in [0.15, 0.2) is 34.3 Å². The molecular weight excluding hydrogens is 192 g/mol. The lowest BCUT2D eigenvalue weighted by molar-refractivity contribution is 0.908. The first-order chi connectivity index (χ1) is 6.72. The lowest BCUT2D eigenvalue weighted by Gasteiger charge is -2.04. The molecule has 0 atom stereocenters. The van der Waals surface area contributed by atoms with E-state index >= 15 is 0 Å². The fourth-order valence-corrected chi connectivity index (χ4v) is 1.88. The molecule has 0 heterocycles. The molecule has 76 valence electrons. The molecule has 1 aromatic carbocycles. The third-order valence-corrected chi connectivity index (χ3v) is 2.61. The monoisotopic (exact) mass is 208 g/mol. The lowest BCUT2D eigenvalue weighted by Crippen LogP contribution is -1.94. The smallest absolute Gasteiger partial charge is 0.0540 e. The first-order valence-electron chi connectivity index (χ1n) is 4.69. The maximum atomic E-state index is 3.95. The molecule has 1 aromatic rings. The Morgan fingerprint density at radius 1 is 1.29 bits per heavy atom. The fraction of sp³-hybridized carbons (Fsp3) is 0.364. The Kier molecular flexibility index (Phi) is 4.53. The second kappa shape index (κ2) is 5.70. The molecule has 3 heteroatoms. The van der Waals surface area contributed by atoms with Crippen LogP contribution < -0.4 is 5.43 Å². The van der Waals surface area contributed by atoms with Gasteiger partial charge in [-0.05, 0) is 17.7 Å². The second-order valence-corrected chi connectivity index (χ2v) is 4.87. The number of hydrogen-bond donors (Lipinski definition) is 1. The van der Waals surface area contributed by atoms with Gasteiger partial charge in [0.15, 0.2) is 0 Å². The molecule has 0 radical (unpaired) electrons. The number of benzene rings is 1. The molecule has 2 nitrogen and oxygen atoms in total. The van der Waals surface area contributed by atoms with Crippen LogP contribution in [-0.2, 0) is 0 Å². The van der Waals surface area contributed by atoms with Crippen LogP contribution in [0, 0.1) is 0 Å². The van der Waals surface area contributed by atoms with E-state index in [1.165, 1.54) is 4.90 Å². The van der Waals surface area contributed by atoms with Gasteiger partial charge in [0.2, 0.25) is 0 Å². The number of hydrogen-bond acceptors (Lipinski definition) is 3. The SMILES string of the molecule is CNN=Cc1ccc(SC(C)C)cc1. The van der Waals surface area contributed by atoms with Crippen LogP contribution >= 0.6 is 11.8 Å². The zero-order valence-electron chi connectivity index (χ0n) is 8.82. The van der Waals surface area contributed by atoms with Gasteiger partial charge in [0.25, 0.3) is 0 Å². The minimum atomic E-state index is 0.631. The van der Waals surface area contributed by atoms with E-state index in [1.807, 2.05) is 18.0 Å². The number of nitrogens with one attached hydrogen (secondary N) is 1. The van der Waals surface area contributed by atoms with E-state index < -0.39 is 0 Å². The summed E-state index contributed by atoms with van der Waals surface area (Å²) in [4.78, 5) is 1.31. The van der Waals surface area contributed by atoms with Crippen LogP contribution in [0.1, 0.15) is 19.4 Å². The molecule has 0 aromatic heterocycles. The third kappa shape index (κ3) is 3.83. The molecule has 0 aliphatic carbocycles. The van der Waals surface area contributed by atoms with Gasteiger partial charge in [0.1, 0.15) is 0 Å². The fourth-order valence-electron chi connectivity index (χ4n) is 1.04. The van der Waals surface area contributed by atoms with E-state index in [4.69, 9.17) is 0 Å². The Morgan fingerprint density at radius 2 is 1.93 bits per heavy atom. The highest BCUT2D eigenvalue weighted by Crippen LogP contribution is 2.22. The van der Waals surface area contributed by atoms with Crippen LogP contribution in [0.2, 0.25) is 0 Å². The number of hydrazone groups is 1. The summed E-state index contributed by atoms with van der Waals surface area (Å²) in [5.41, 5.74) is 3.85. The summed E-state index contributed by atoms with van der Waals surface area (Å²) in [5.74, 6) is 0. The molecule has 0 aliphatic rings. The average Bonchev–Trinajstić information content (AvgIpc) is 2.16. The van der Waals surface area contributed by atoms with Crippen molar-refractivity contribution in [1.82, 2.24) is 5.43 Å². The molecule has 0 aliphatic heterocycles. The number of thioether (sulfide) groups is 1. The normalized spacial score (nSPS) is 11.1. The van der Waals surface area contributed by atoms with E-state index in [-0.39, 0.29) is 0 Å². The van der Waals surface area contributed by atoms with E-state index in [2.05, 4.69) is 48.6 Å². The lowest BCUT2D eigenvalue weighted by atomic mass is 10.2. The molecule has 0 amide bonds. The standard InChI is InChI=1S/C11H16N2S/c1-9(2)14-11-6-4-10(5-7-11)8-13-12-3/h4-9,12H,1-3H3. The van der Waals surface area contributed by atoms with Crippen LogP contribution in [0.5, 0.6) is 0 Å². The van der Waals surface area contributed by atoms with Gasteiger partial charge in [-0.3, -0.25) is 0 Å². The predicted octanol–water partition coefficient (Wildman–Crippen LogP) is 2.74. The minimum Gasteiger partial charge on any atom is -0.313 e. The van der Waals surface area contributed by atoms with Crippen molar-refractivity contribution in [3.8, 4) is 0 Å². The highest BCUT2D eigenvalue weighted by molar-refractivity contribution is 7.99. The largest absolute Gasteiger partial charge is 0.313 e. The molecule has 14 heavy (non-hydrogen) atoms. The van der Waals surface area contributed by atoms with Crippen molar-refractivity contribution < 1.29 is 0 Å². The summed E-state index contributed by atoms with van der Waals surface area (Å²) < 4.78 is 0. The van der Waals surface area contributed by atoms with E-state index in [0.717, 1.165) is 5.56 Å². The predicted molar refractivity (Wildman–Crippen MR) is 64.1 cm³/mol. The van der Waals surface area contributed by atoms with Crippen molar-refractivity contribution >= 4 is 18.0 Å². The van der Waals surface area contributed by atoms with Gasteiger partial charge >= 0.3 is 0 Å². The van der Waals surface area contributed by atoms with Crippen molar-refractivity contribution in [3.63, 3.8) is 0 Å². The number of nitrogens with zero attached hydrogens (tertiary/aromatic N) is 1. The molecule has 0 fully saturated rings. The van der Waals surface area contributed by atoms with Crippen LogP contribution in [0.3, 0.4) is 0 Å². The molecule has 0 saturated heterocycles. The molecule has 0 unspecified atom stereocenters. The summed E-state index contributed by atoms with van der Waals surface area (Å²) in [6.07, 6.45) is 1.81. The maximum absolute atomic E-state index is 3.95. The quantitative estimate of drug-likeness (QED) is 0.467. The number of rotatable bonds is 4. The topological polar surface area (TPSA) is 24.4 Å². The van der Waals surface area contributed by atoms with Gasteiger partial charge in [-0.2, -0.15) is 5.10 Å². The van der Waals surface area contributed by atoms with E-state index in [1.54, 1.807) is 7.05 Å². The average molecular weight is 208 g/mol. The van der Waals surface area contributed by atoms with E-state index in [9.17, 15) is 0 Å². The Hall–Kier alpha value is -0.960. The van der Waals surface area contributed by atoms with Gasteiger partial charge < -0.3 is 5.43 Å². The molecule has 1 rings (SSSR count). The van der Waals surface area contributed by atoms with Gasteiger partial charge in [-0.1, -0.05) is 26.0 Å². The van der Waals surface area contributed by atoms with Crippen molar-refractivity contribution in [1.29, 1.82) is 0 Å². The van der Waals surface area contributed by atoms with Gasteiger partial charge in [0.05, 0.1) is 6.21 Å². The molecule has 1 N–H and O–H groups in total. The zero-order chi connectivity index (χ0) is 10.4. The highest BCUT2D eigenvalue weighted by atomic mass is 32.2. The highest BCUT2D eigenvalue weighted by Gasteiger charge is 1.97. The molecule has 0 spiro atoms. The van der Waals surface area contributed by atoms with Crippen molar-refractivity contribution in [3.05, 3.63) is 29.8 Å². The zero-order valence-corrected chi connectivity index (χ0v) is 9.64. The molecular formula is C11H16N2S. The van der Waals surface area contributed by atoms with Crippen molar-refractivity contribution in [2.24, 2.45) is 5.10 Å². The Bertz CT molecular complexity index is 291. The van der Waals surface area contributed by atoms with Gasteiger partial charge in [-0.15, -0.1) is 11.8 Å². The second-order valence-electron chi connectivity index (χ2n) is 3.22. The minimum absolute atomic E-state index is 0.631. The van der Waals surface area contributed by atoms with Crippen molar-refractivity contribution in [2.75, 3.05) is 7.05 Å². The first kappa shape index (κ1) is 11.1. The summed E-state index contributed by atoms with van der Waals surface area (Å²) in [6, 6.07) is 8.40. The Labute approximate surface area is 89.8 Å². The third-order valence-electron chi connectivity index (χ3n) is 1.59. The molecule has 0 saturated carbocycles. The van der Waals surface area contributed by atoms with Crippen LogP contribution in [-0.4, -0.2) is 18.5 Å². The summed E-state index contributed by atoms with van der Waals surface area (Å²) >= 11 is 1.87. The first-order valence-corrected chi connectivity index (χ1v) is 5.57. The maximum Gasteiger partial charge on any atom is 0.0540 e. The van der Waals surface area contributed by atoms with Crippen molar-refractivity contribution in [2.45, 2.75) is 24.0 Å². The summed E-state index contributed by atoms with van der Waals surface area (Å²) in [7, 11) is 1.79.